The van der Waals surface area contributed by atoms with Crippen LogP contribution in [-0.4, -0.2) is 6.03 Å². The van der Waals surface area contributed by atoms with Crippen LogP contribution in [-0.2, 0) is 6.54 Å². The largest absolute Gasteiger partial charge is 0.398 e. The molecule has 98 valence electrons. The number of aryl methyl sites for hydroxylation is 1. The first kappa shape index (κ1) is 13.0. The van der Waals surface area contributed by atoms with E-state index in [1.165, 1.54) is 0 Å². The summed E-state index contributed by atoms with van der Waals surface area (Å²) in [6.07, 6.45) is 0. The van der Waals surface area contributed by atoms with Crippen LogP contribution in [0.25, 0.3) is 0 Å². The SMILES string of the molecule is Cc1ccc(NC(=O)NCc2ccccc2N)cc1. The fourth-order valence-corrected chi connectivity index (χ4v) is 1.68. The van der Waals surface area contributed by atoms with Crippen molar-refractivity contribution in [3.05, 3.63) is 59.7 Å². The molecular weight excluding hydrogens is 238 g/mol. The molecule has 0 spiro atoms. The Bertz CT molecular complexity index is 564. The van der Waals surface area contributed by atoms with Gasteiger partial charge in [-0.2, -0.15) is 0 Å². The molecule has 0 aliphatic carbocycles. The number of hydrogen-bond acceptors (Lipinski definition) is 2. The molecule has 0 bridgehead atoms. The van der Waals surface area contributed by atoms with Crippen LogP contribution < -0.4 is 16.4 Å². The van der Waals surface area contributed by atoms with Crippen molar-refractivity contribution < 1.29 is 4.79 Å². The molecule has 4 N–H and O–H groups in total. The Morgan fingerprint density at radius 2 is 1.79 bits per heavy atom. The summed E-state index contributed by atoms with van der Waals surface area (Å²) in [6.45, 7) is 2.41. The summed E-state index contributed by atoms with van der Waals surface area (Å²) in [5, 5.41) is 5.54. The molecule has 2 rings (SSSR count). The van der Waals surface area contributed by atoms with Crippen LogP contribution in [0.4, 0.5) is 16.2 Å². The maximum Gasteiger partial charge on any atom is 0.319 e. The fraction of sp³-hybridized carbons (Fsp3) is 0.133. The first-order valence-corrected chi connectivity index (χ1v) is 6.10. The lowest BCUT2D eigenvalue weighted by molar-refractivity contribution is 0.252. The van der Waals surface area contributed by atoms with Gasteiger partial charge in [-0.25, -0.2) is 4.79 Å². The molecule has 4 nitrogen and oxygen atoms in total. The molecule has 0 aliphatic heterocycles. The van der Waals surface area contributed by atoms with Crippen molar-refractivity contribution >= 4 is 17.4 Å². The van der Waals surface area contributed by atoms with Gasteiger partial charge in [0, 0.05) is 17.9 Å². The number of para-hydroxylation sites is 1. The van der Waals surface area contributed by atoms with Gasteiger partial charge in [0.1, 0.15) is 0 Å². The zero-order valence-corrected chi connectivity index (χ0v) is 10.8. The summed E-state index contributed by atoms with van der Waals surface area (Å²) >= 11 is 0. The first-order chi connectivity index (χ1) is 9.15. The van der Waals surface area contributed by atoms with E-state index in [9.17, 15) is 4.79 Å². The van der Waals surface area contributed by atoms with E-state index in [4.69, 9.17) is 5.73 Å². The minimum atomic E-state index is -0.243. The molecule has 0 heterocycles. The molecule has 0 radical (unpaired) electrons. The monoisotopic (exact) mass is 255 g/mol. The van der Waals surface area contributed by atoms with Crippen LogP contribution in [0.2, 0.25) is 0 Å². The van der Waals surface area contributed by atoms with Crippen molar-refractivity contribution in [1.29, 1.82) is 0 Å². The van der Waals surface area contributed by atoms with Crippen LogP contribution in [0.3, 0.4) is 0 Å². The highest BCUT2D eigenvalue weighted by atomic mass is 16.2. The molecule has 0 aromatic heterocycles. The second-order valence-electron chi connectivity index (χ2n) is 4.37. The van der Waals surface area contributed by atoms with Gasteiger partial charge in [-0.3, -0.25) is 0 Å². The van der Waals surface area contributed by atoms with Gasteiger partial charge < -0.3 is 16.4 Å². The molecule has 2 aromatic carbocycles. The molecule has 0 saturated heterocycles. The Morgan fingerprint density at radius 3 is 2.47 bits per heavy atom. The third-order valence-corrected chi connectivity index (χ3v) is 2.80. The molecule has 0 fully saturated rings. The second-order valence-corrected chi connectivity index (χ2v) is 4.37. The standard InChI is InChI=1S/C15H17N3O/c1-11-6-8-13(9-7-11)18-15(19)17-10-12-4-2-3-5-14(12)16/h2-9H,10,16H2,1H3,(H2,17,18,19). The van der Waals surface area contributed by atoms with Crippen LogP contribution >= 0.6 is 0 Å². The van der Waals surface area contributed by atoms with Gasteiger partial charge in [0.15, 0.2) is 0 Å². The summed E-state index contributed by atoms with van der Waals surface area (Å²) in [6, 6.07) is 14.9. The number of benzene rings is 2. The van der Waals surface area contributed by atoms with E-state index < -0.39 is 0 Å². The Morgan fingerprint density at radius 1 is 1.11 bits per heavy atom. The third-order valence-electron chi connectivity index (χ3n) is 2.80. The highest BCUT2D eigenvalue weighted by molar-refractivity contribution is 5.89. The van der Waals surface area contributed by atoms with Gasteiger partial charge in [-0.1, -0.05) is 35.9 Å². The Hall–Kier alpha value is -2.49. The number of rotatable bonds is 3. The lowest BCUT2D eigenvalue weighted by atomic mass is 10.2. The lowest BCUT2D eigenvalue weighted by Crippen LogP contribution is -2.28. The van der Waals surface area contributed by atoms with Crippen molar-refractivity contribution in [3.63, 3.8) is 0 Å². The fourth-order valence-electron chi connectivity index (χ4n) is 1.68. The molecule has 0 aliphatic rings. The smallest absolute Gasteiger partial charge is 0.319 e. The van der Waals surface area contributed by atoms with E-state index >= 15 is 0 Å². The van der Waals surface area contributed by atoms with E-state index in [0.29, 0.717) is 12.2 Å². The van der Waals surface area contributed by atoms with Crippen LogP contribution in [0.1, 0.15) is 11.1 Å². The number of nitrogens with one attached hydrogen (secondary N) is 2. The topological polar surface area (TPSA) is 67.2 Å². The number of urea groups is 1. The van der Waals surface area contributed by atoms with Crippen molar-refractivity contribution in [2.75, 3.05) is 11.1 Å². The zero-order chi connectivity index (χ0) is 13.7. The first-order valence-electron chi connectivity index (χ1n) is 6.10. The average Bonchev–Trinajstić information content (AvgIpc) is 2.40. The zero-order valence-electron chi connectivity index (χ0n) is 10.8. The Labute approximate surface area is 112 Å². The normalized spacial score (nSPS) is 9.95. The highest BCUT2D eigenvalue weighted by Gasteiger charge is 2.03. The quantitative estimate of drug-likeness (QED) is 0.738. The number of nitrogen functional groups attached to an aromatic ring is 1. The lowest BCUT2D eigenvalue weighted by Gasteiger charge is -2.09. The average molecular weight is 255 g/mol. The molecule has 0 saturated carbocycles. The Balaban J connectivity index is 1.88. The minimum absolute atomic E-state index is 0.243. The van der Waals surface area contributed by atoms with Crippen molar-refractivity contribution in [2.45, 2.75) is 13.5 Å². The van der Waals surface area contributed by atoms with Gasteiger partial charge in [-0.05, 0) is 30.7 Å². The maximum absolute atomic E-state index is 11.7. The van der Waals surface area contributed by atoms with Crippen molar-refractivity contribution in [2.24, 2.45) is 0 Å². The second kappa shape index (κ2) is 5.91. The Kier molecular flexibility index (Phi) is 4.03. The predicted octanol–water partition coefficient (Wildman–Crippen LogP) is 2.90. The van der Waals surface area contributed by atoms with E-state index in [1.807, 2.05) is 55.5 Å². The van der Waals surface area contributed by atoms with Gasteiger partial charge in [-0.15, -0.1) is 0 Å². The van der Waals surface area contributed by atoms with Crippen molar-refractivity contribution in [3.8, 4) is 0 Å². The summed E-state index contributed by atoms with van der Waals surface area (Å²) in [7, 11) is 0. The summed E-state index contributed by atoms with van der Waals surface area (Å²) in [5.41, 5.74) is 9.31. The molecule has 0 atom stereocenters. The number of nitrogens with two attached hydrogens (primary N) is 1. The van der Waals surface area contributed by atoms with Gasteiger partial charge in [0.05, 0.1) is 0 Å². The number of carbonyl (C=O) groups is 1. The molecule has 2 amide bonds. The van der Waals surface area contributed by atoms with Gasteiger partial charge in [0.2, 0.25) is 0 Å². The van der Waals surface area contributed by atoms with Crippen LogP contribution in [0, 0.1) is 6.92 Å². The summed E-state index contributed by atoms with van der Waals surface area (Å²) in [4.78, 5) is 11.7. The van der Waals surface area contributed by atoms with E-state index in [2.05, 4.69) is 10.6 Å². The van der Waals surface area contributed by atoms with Crippen LogP contribution in [0.5, 0.6) is 0 Å². The predicted molar refractivity (Wildman–Crippen MR) is 77.9 cm³/mol. The number of hydrogen-bond donors (Lipinski definition) is 3. The molecule has 4 heteroatoms. The van der Waals surface area contributed by atoms with Gasteiger partial charge >= 0.3 is 6.03 Å². The molecular formula is C15H17N3O. The summed E-state index contributed by atoms with van der Waals surface area (Å²) < 4.78 is 0. The number of carbonyl (C=O) groups excluding carboxylic acids is 1. The van der Waals surface area contributed by atoms with E-state index in [-0.39, 0.29) is 6.03 Å². The van der Waals surface area contributed by atoms with Crippen molar-refractivity contribution in [1.82, 2.24) is 5.32 Å². The molecule has 0 unspecified atom stereocenters. The van der Waals surface area contributed by atoms with Gasteiger partial charge in [0.25, 0.3) is 0 Å². The van der Waals surface area contributed by atoms with Crippen LogP contribution in [0.15, 0.2) is 48.5 Å². The number of anilines is 2. The van der Waals surface area contributed by atoms with E-state index in [0.717, 1.165) is 16.8 Å². The molecule has 2 aromatic rings. The maximum atomic E-state index is 11.7. The highest BCUT2D eigenvalue weighted by Crippen LogP contribution is 2.10. The number of amides is 2. The molecule has 19 heavy (non-hydrogen) atoms. The van der Waals surface area contributed by atoms with E-state index in [1.54, 1.807) is 0 Å². The summed E-state index contributed by atoms with van der Waals surface area (Å²) in [5.74, 6) is 0. The minimum Gasteiger partial charge on any atom is -0.398 e. The third kappa shape index (κ3) is 3.74.